The number of unbranched alkanes of at least 4 members (excludes halogenated alkanes) is 1. The van der Waals surface area contributed by atoms with Crippen LogP contribution in [0.1, 0.15) is 25.7 Å². The van der Waals surface area contributed by atoms with Gasteiger partial charge in [-0.2, -0.15) is 11.8 Å². The molecule has 0 spiro atoms. The van der Waals surface area contributed by atoms with Crippen LogP contribution in [0.5, 0.6) is 0 Å². The number of nitrogens with one attached hydrogen (secondary N) is 4. The fourth-order valence-electron chi connectivity index (χ4n) is 2.10. The van der Waals surface area contributed by atoms with Crippen molar-refractivity contribution >= 4 is 11.8 Å². The van der Waals surface area contributed by atoms with E-state index in [2.05, 4.69) is 27.5 Å². The summed E-state index contributed by atoms with van der Waals surface area (Å²) >= 11 is 1.82. The van der Waals surface area contributed by atoms with Crippen molar-refractivity contribution in [3.05, 3.63) is 0 Å². The SMILES string of the molecule is CSCCNCC(O)CNCCCNCCCCNCCCN. The van der Waals surface area contributed by atoms with Gasteiger partial charge in [-0.3, -0.25) is 0 Å². The van der Waals surface area contributed by atoms with Gasteiger partial charge >= 0.3 is 0 Å². The molecule has 0 aromatic heterocycles. The van der Waals surface area contributed by atoms with Gasteiger partial charge in [0.05, 0.1) is 6.10 Å². The molecule has 0 heterocycles. The number of rotatable bonds is 19. The summed E-state index contributed by atoms with van der Waals surface area (Å²) in [7, 11) is 0. The second kappa shape index (κ2) is 20.2. The number of aliphatic hydroxyl groups is 1. The van der Waals surface area contributed by atoms with Crippen LogP contribution in [0.2, 0.25) is 0 Å². The third-order valence-electron chi connectivity index (χ3n) is 3.46. The zero-order chi connectivity index (χ0) is 17.0. The molecular formula is C16H39N5OS. The van der Waals surface area contributed by atoms with Crippen LogP contribution in [0, 0.1) is 0 Å². The second-order valence-electron chi connectivity index (χ2n) is 5.76. The maximum Gasteiger partial charge on any atom is 0.0788 e. The normalized spacial score (nSPS) is 12.7. The molecule has 0 amide bonds. The number of nitrogens with two attached hydrogens (primary N) is 1. The fraction of sp³-hybridized carbons (Fsp3) is 1.00. The maximum absolute atomic E-state index is 9.77. The van der Waals surface area contributed by atoms with Gasteiger partial charge in [-0.1, -0.05) is 0 Å². The van der Waals surface area contributed by atoms with Crippen LogP contribution in [0.15, 0.2) is 0 Å². The lowest BCUT2D eigenvalue weighted by molar-refractivity contribution is 0.169. The number of aliphatic hydroxyl groups excluding tert-OH is 1. The third kappa shape index (κ3) is 20.1. The van der Waals surface area contributed by atoms with Crippen LogP contribution in [-0.2, 0) is 0 Å². The van der Waals surface area contributed by atoms with Gasteiger partial charge in [-0.25, -0.2) is 0 Å². The Morgan fingerprint density at radius 1 is 0.783 bits per heavy atom. The molecule has 0 aromatic rings. The van der Waals surface area contributed by atoms with Crippen molar-refractivity contribution in [2.45, 2.75) is 31.8 Å². The van der Waals surface area contributed by atoms with E-state index >= 15 is 0 Å². The molecule has 0 aliphatic heterocycles. The predicted molar refractivity (Wildman–Crippen MR) is 103 cm³/mol. The molecule has 6 nitrogen and oxygen atoms in total. The molecule has 0 saturated heterocycles. The highest BCUT2D eigenvalue weighted by atomic mass is 32.2. The molecule has 0 fully saturated rings. The molecule has 140 valence electrons. The molecule has 0 saturated carbocycles. The summed E-state index contributed by atoms with van der Waals surface area (Å²) in [6.07, 6.45) is 6.38. The van der Waals surface area contributed by atoms with E-state index in [1.165, 1.54) is 12.8 Å². The van der Waals surface area contributed by atoms with Gasteiger partial charge in [0.1, 0.15) is 0 Å². The lowest BCUT2D eigenvalue weighted by atomic mass is 10.3. The van der Waals surface area contributed by atoms with E-state index in [9.17, 15) is 5.11 Å². The highest BCUT2D eigenvalue weighted by molar-refractivity contribution is 7.98. The molecule has 7 heteroatoms. The first kappa shape index (κ1) is 23.1. The first-order valence-corrected chi connectivity index (χ1v) is 10.4. The highest BCUT2D eigenvalue weighted by Crippen LogP contribution is 1.88. The first-order valence-electron chi connectivity index (χ1n) is 9.01. The molecular weight excluding hydrogens is 310 g/mol. The quantitative estimate of drug-likeness (QED) is 0.177. The lowest BCUT2D eigenvalue weighted by Crippen LogP contribution is -2.37. The summed E-state index contributed by atoms with van der Waals surface area (Å²) < 4.78 is 0. The molecule has 0 aliphatic rings. The Hall–Kier alpha value is 0.110. The number of hydrogen-bond donors (Lipinski definition) is 6. The van der Waals surface area contributed by atoms with Crippen molar-refractivity contribution in [1.82, 2.24) is 21.3 Å². The van der Waals surface area contributed by atoms with Gasteiger partial charge in [0, 0.05) is 25.4 Å². The van der Waals surface area contributed by atoms with Crippen LogP contribution < -0.4 is 27.0 Å². The Balaban J connectivity index is 3.07. The monoisotopic (exact) mass is 349 g/mol. The Bertz CT molecular complexity index is 225. The Morgan fingerprint density at radius 3 is 1.91 bits per heavy atom. The van der Waals surface area contributed by atoms with E-state index < -0.39 is 0 Å². The van der Waals surface area contributed by atoms with Crippen molar-refractivity contribution < 1.29 is 5.11 Å². The molecule has 0 radical (unpaired) electrons. The number of thioether (sulfide) groups is 1. The smallest absolute Gasteiger partial charge is 0.0788 e. The van der Waals surface area contributed by atoms with Crippen LogP contribution >= 0.6 is 11.8 Å². The van der Waals surface area contributed by atoms with Crippen LogP contribution in [0.4, 0.5) is 0 Å². The minimum absolute atomic E-state index is 0.295. The summed E-state index contributed by atoms with van der Waals surface area (Å²) in [5.74, 6) is 1.09. The third-order valence-corrected chi connectivity index (χ3v) is 4.08. The van der Waals surface area contributed by atoms with Gasteiger partial charge in [0.15, 0.2) is 0 Å². The van der Waals surface area contributed by atoms with Crippen LogP contribution in [-0.4, -0.2) is 82.1 Å². The van der Waals surface area contributed by atoms with Gasteiger partial charge in [0.2, 0.25) is 0 Å². The molecule has 0 bridgehead atoms. The van der Waals surface area contributed by atoms with Crippen LogP contribution in [0.3, 0.4) is 0 Å². The highest BCUT2D eigenvalue weighted by Gasteiger charge is 2.01. The topological polar surface area (TPSA) is 94.4 Å². The Labute approximate surface area is 147 Å². The van der Waals surface area contributed by atoms with E-state index in [4.69, 9.17) is 5.73 Å². The molecule has 1 unspecified atom stereocenters. The zero-order valence-corrected chi connectivity index (χ0v) is 15.7. The van der Waals surface area contributed by atoms with E-state index in [1.54, 1.807) is 0 Å². The van der Waals surface area contributed by atoms with E-state index in [0.717, 1.165) is 64.4 Å². The van der Waals surface area contributed by atoms with E-state index in [-0.39, 0.29) is 6.10 Å². The molecule has 7 N–H and O–H groups in total. The minimum Gasteiger partial charge on any atom is -0.390 e. The van der Waals surface area contributed by atoms with E-state index in [1.807, 2.05) is 11.8 Å². The van der Waals surface area contributed by atoms with Gasteiger partial charge < -0.3 is 32.1 Å². The lowest BCUT2D eigenvalue weighted by Gasteiger charge is -2.12. The average Bonchev–Trinajstić information content (AvgIpc) is 2.56. The van der Waals surface area contributed by atoms with Crippen molar-refractivity contribution in [3.63, 3.8) is 0 Å². The Morgan fingerprint density at radius 2 is 1.30 bits per heavy atom. The summed E-state index contributed by atoms with van der Waals surface area (Å²) in [5.41, 5.74) is 5.43. The minimum atomic E-state index is -0.295. The summed E-state index contributed by atoms with van der Waals surface area (Å²) in [6, 6.07) is 0. The standard InChI is InChI=1S/C16H39N5OS/c1-23-13-12-21-15-16(22)14-20-11-5-10-19-8-3-2-7-18-9-4-6-17/h16,18-22H,2-15,17H2,1H3. The molecule has 0 aromatic carbocycles. The second-order valence-corrected chi connectivity index (χ2v) is 6.74. The Kier molecular flexibility index (Phi) is 20.3. The summed E-state index contributed by atoms with van der Waals surface area (Å²) in [5, 5.41) is 23.2. The predicted octanol–water partition coefficient (Wildman–Crippen LogP) is -0.412. The van der Waals surface area contributed by atoms with Gasteiger partial charge in [-0.15, -0.1) is 0 Å². The first-order chi connectivity index (χ1) is 11.3. The maximum atomic E-state index is 9.77. The van der Waals surface area contributed by atoms with Crippen molar-refractivity contribution in [2.24, 2.45) is 5.73 Å². The van der Waals surface area contributed by atoms with Crippen molar-refractivity contribution in [2.75, 3.05) is 70.9 Å². The van der Waals surface area contributed by atoms with Gasteiger partial charge in [-0.05, 0) is 71.2 Å². The van der Waals surface area contributed by atoms with E-state index in [0.29, 0.717) is 13.1 Å². The molecule has 0 rings (SSSR count). The van der Waals surface area contributed by atoms with Gasteiger partial charge in [0.25, 0.3) is 0 Å². The molecule has 23 heavy (non-hydrogen) atoms. The van der Waals surface area contributed by atoms with Crippen molar-refractivity contribution in [3.8, 4) is 0 Å². The summed E-state index contributed by atoms with van der Waals surface area (Å²) in [4.78, 5) is 0. The molecule has 1 atom stereocenters. The number of hydrogen-bond acceptors (Lipinski definition) is 7. The fourth-order valence-corrected chi connectivity index (χ4v) is 2.45. The molecule has 0 aliphatic carbocycles. The van der Waals surface area contributed by atoms with Crippen LogP contribution in [0.25, 0.3) is 0 Å². The largest absolute Gasteiger partial charge is 0.390 e. The zero-order valence-electron chi connectivity index (χ0n) is 14.9. The summed E-state index contributed by atoms with van der Waals surface area (Å²) in [6.45, 7) is 8.27. The van der Waals surface area contributed by atoms with Crippen molar-refractivity contribution in [1.29, 1.82) is 0 Å². The average molecular weight is 350 g/mol.